The summed E-state index contributed by atoms with van der Waals surface area (Å²) in [5.41, 5.74) is 3.51. The molecule has 0 saturated heterocycles. The Morgan fingerprint density at radius 2 is 1.77 bits per heavy atom. The van der Waals surface area contributed by atoms with Gasteiger partial charge in [0.1, 0.15) is 24.2 Å². The molecule has 4 nitrogen and oxygen atoms in total. The van der Waals surface area contributed by atoms with E-state index in [0.29, 0.717) is 19.6 Å². The van der Waals surface area contributed by atoms with E-state index in [4.69, 9.17) is 9.15 Å². The van der Waals surface area contributed by atoms with Gasteiger partial charge in [0.25, 0.3) is 0 Å². The van der Waals surface area contributed by atoms with E-state index >= 15 is 0 Å². The number of nitrogens with zero attached hydrogens (tertiary/aromatic N) is 1. The summed E-state index contributed by atoms with van der Waals surface area (Å²) in [6, 6.07) is 24.7. The van der Waals surface area contributed by atoms with E-state index in [-0.39, 0.29) is 6.61 Å². The van der Waals surface area contributed by atoms with E-state index < -0.39 is 6.10 Å². The zero-order chi connectivity index (χ0) is 21.6. The topological polar surface area (TPSA) is 45.8 Å². The van der Waals surface area contributed by atoms with Crippen molar-refractivity contribution < 1.29 is 14.3 Å². The van der Waals surface area contributed by atoms with Gasteiger partial charge in [-0.25, -0.2) is 0 Å². The van der Waals surface area contributed by atoms with Crippen molar-refractivity contribution in [2.45, 2.75) is 33.0 Å². The van der Waals surface area contributed by atoms with Crippen LogP contribution >= 0.6 is 0 Å². The number of aryl methyl sites for hydroxylation is 2. The van der Waals surface area contributed by atoms with Crippen LogP contribution in [-0.4, -0.2) is 29.3 Å². The number of furan rings is 1. The van der Waals surface area contributed by atoms with E-state index in [9.17, 15) is 5.11 Å². The van der Waals surface area contributed by atoms with Gasteiger partial charge >= 0.3 is 0 Å². The van der Waals surface area contributed by atoms with Crippen LogP contribution in [0.3, 0.4) is 0 Å². The van der Waals surface area contributed by atoms with Crippen molar-refractivity contribution >= 4 is 10.8 Å². The fourth-order valence-electron chi connectivity index (χ4n) is 3.98. The van der Waals surface area contributed by atoms with Crippen LogP contribution in [0, 0.1) is 13.8 Å². The van der Waals surface area contributed by atoms with Crippen molar-refractivity contribution in [1.82, 2.24) is 4.90 Å². The fraction of sp³-hybridized carbons (Fsp3) is 0.259. The number of fused-ring (bicyclic) bond motifs is 1. The molecule has 4 rings (SSSR count). The molecule has 160 valence electrons. The van der Waals surface area contributed by atoms with Gasteiger partial charge in [-0.2, -0.15) is 0 Å². The van der Waals surface area contributed by atoms with Gasteiger partial charge < -0.3 is 14.3 Å². The molecule has 0 aliphatic heterocycles. The van der Waals surface area contributed by atoms with Gasteiger partial charge in [-0.1, -0.05) is 60.2 Å². The lowest BCUT2D eigenvalue weighted by Gasteiger charge is -2.25. The highest BCUT2D eigenvalue weighted by molar-refractivity contribution is 5.85. The van der Waals surface area contributed by atoms with Gasteiger partial charge in [-0.3, -0.25) is 4.90 Å². The number of benzene rings is 3. The molecule has 0 bridgehead atoms. The Morgan fingerprint density at radius 1 is 0.935 bits per heavy atom. The summed E-state index contributed by atoms with van der Waals surface area (Å²) in [5.74, 6) is 1.69. The molecule has 0 amide bonds. The lowest BCUT2D eigenvalue weighted by molar-refractivity contribution is 0.0604. The van der Waals surface area contributed by atoms with Crippen LogP contribution in [0.2, 0.25) is 0 Å². The minimum Gasteiger partial charge on any atom is -0.491 e. The number of aliphatic hydroxyl groups excluding tert-OH is 1. The molecule has 0 aliphatic carbocycles. The molecule has 1 N–H and O–H groups in total. The molecule has 0 radical (unpaired) electrons. The second-order valence-corrected chi connectivity index (χ2v) is 8.12. The second-order valence-electron chi connectivity index (χ2n) is 8.12. The van der Waals surface area contributed by atoms with Crippen molar-refractivity contribution in [3.05, 3.63) is 102 Å². The van der Waals surface area contributed by atoms with Gasteiger partial charge in [-0.05, 0) is 53.9 Å². The highest BCUT2D eigenvalue weighted by Gasteiger charge is 2.16. The zero-order valence-electron chi connectivity index (χ0n) is 18.1. The van der Waals surface area contributed by atoms with Crippen molar-refractivity contribution in [2.24, 2.45) is 0 Å². The van der Waals surface area contributed by atoms with Crippen LogP contribution in [0.25, 0.3) is 10.8 Å². The van der Waals surface area contributed by atoms with Gasteiger partial charge in [0, 0.05) is 13.1 Å². The molecule has 1 aromatic heterocycles. The molecule has 4 aromatic rings. The third-order valence-electron chi connectivity index (χ3n) is 5.46. The summed E-state index contributed by atoms with van der Waals surface area (Å²) in [4.78, 5) is 2.20. The number of ether oxygens (including phenoxy) is 1. The summed E-state index contributed by atoms with van der Waals surface area (Å²) < 4.78 is 11.5. The molecule has 0 aliphatic rings. The first-order chi connectivity index (χ1) is 15.1. The third kappa shape index (κ3) is 5.54. The van der Waals surface area contributed by atoms with Gasteiger partial charge in [0.2, 0.25) is 0 Å². The summed E-state index contributed by atoms with van der Waals surface area (Å²) in [6.07, 6.45) is 1.07. The van der Waals surface area contributed by atoms with Gasteiger partial charge in [-0.15, -0.1) is 0 Å². The number of hydrogen-bond donors (Lipinski definition) is 1. The SMILES string of the molecule is Cc1ccc(OCC(O)CN(Cc2ccco2)Cc2cccc3ccccc23)c(C)c1. The normalized spacial score (nSPS) is 12.4. The average Bonchev–Trinajstić information content (AvgIpc) is 3.26. The average molecular weight is 416 g/mol. The van der Waals surface area contributed by atoms with Crippen LogP contribution in [-0.2, 0) is 13.1 Å². The quantitative estimate of drug-likeness (QED) is 0.393. The Balaban J connectivity index is 1.46. The maximum absolute atomic E-state index is 10.7. The Kier molecular flexibility index (Phi) is 6.70. The molecule has 0 spiro atoms. The minimum absolute atomic E-state index is 0.244. The molecule has 31 heavy (non-hydrogen) atoms. The highest BCUT2D eigenvalue weighted by atomic mass is 16.5. The summed E-state index contributed by atoms with van der Waals surface area (Å²) in [5, 5.41) is 13.2. The Morgan fingerprint density at radius 3 is 2.58 bits per heavy atom. The standard InChI is InChI=1S/C27H29NO3/c1-20-12-13-27(21(2)15-20)31-19-24(29)17-28(18-25-10-6-14-30-25)16-23-9-5-8-22-7-3-4-11-26(22)23/h3-15,24,29H,16-19H2,1-2H3. The van der Waals surface area contributed by atoms with Crippen LogP contribution in [0.15, 0.2) is 83.5 Å². The smallest absolute Gasteiger partial charge is 0.122 e. The summed E-state index contributed by atoms with van der Waals surface area (Å²) in [7, 11) is 0. The van der Waals surface area contributed by atoms with Crippen molar-refractivity contribution in [3.8, 4) is 5.75 Å². The molecule has 4 heteroatoms. The predicted molar refractivity (Wildman–Crippen MR) is 124 cm³/mol. The molecular formula is C27H29NO3. The van der Waals surface area contributed by atoms with Crippen LogP contribution in [0.4, 0.5) is 0 Å². The summed E-state index contributed by atoms with van der Waals surface area (Å²) in [6.45, 7) is 6.15. The lowest BCUT2D eigenvalue weighted by Crippen LogP contribution is -2.35. The van der Waals surface area contributed by atoms with Crippen molar-refractivity contribution in [1.29, 1.82) is 0 Å². The Labute approximate surface area is 183 Å². The zero-order valence-corrected chi connectivity index (χ0v) is 18.1. The van der Waals surface area contributed by atoms with E-state index in [1.165, 1.54) is 21.9 Å². The maximum Gasteiger partial charge on any atom is 0.122 e. The number of rotatable bonds is 9. The molecule has 0 saturated carbocycles. The van der Waals surface area contributed by atoms with E-state index in [1.807, 2.05) is 31.2 Å². The lowest BCUT2D eigenvalue weighted by atomic mass is 10.0. The molecule has 0 fully saturated rings. The van der Waals surface area contributed by atoms with Crippen LogP contribution in [0.1, 0.15) is 22.5 Å². The van der Waals surface area contributed by atoms with E-state index in [1.54, 1.807) is 6.26 Å². The van der Waals surface area contributed by atoms with E-state index in [2.05, 4.69) is 60.4 Å². The van der Waals surface area contributed by atoms with Crippen LogP contribution in [0.5, 0.6) is 5.75 Å². The molecule has 1 heterocycles. The van der Waals surface area contributed by atoms with Crippen molar-refractivity contribution in [3.63, 3.8) is 0 Å². The van der Waals surface area contributed by atoms with E-state index in [0.717, 1.165) is 17.1 Å². The first-order valence-electron chi connectivity index (χ1n) is 10.7. The summed E-state index contributed by atoms with van der Waals surface area (Å²) >= 11 is 0. The third-order valence-corrected chi connectivity index (χ3v) is 5.46. The molecule has 3 aromatic carbocycles. The van der Waals surface area contributed by atoms with Gasteiger partial charge in [0.05, 0.1) is 12.8 Å². The highest BCUT2D eigenvalue weighted by Crippen LogP contribution is 2.22. The van der Waals surface area contributed by atoms with Crippen LogP contribution < -0.4 is 4.74 Å². The Bertz CT molecular complexity index is 1120. The predicted octanol–water partition coefficient (Wildman–Crippen LogP) is 5.49. The number of aliphatic hydroxyl groups is 1. The monoisotopic (exact) mass is 415 g/mol. The number of hydrogen-bond acceptors (Lipinski definition) is 4. The Hall–Kier alpha value is -3.08. The molecule has 1 atom stereocenters. The van der Waals surface area contributed by atoms with Crippen molar-refractivity contribution in [2.75, 3.05) is 13.2 Å². The molecule has 1 unspecified atom stereocenters. The first-order valence-corrected chi connectivity index (χ1v) is 10.7. The fourth-order valence-corrected chi connectivity index (χ4v) is 3.98. The first kappa shape index (κ1) is 21.2. The maximum atomic E-state index is 10.7. The second kappa shape index (κ2) is 9.82. The van der Waals surface area contributed by atoms with Gasteiger partial charge in [0.15, 0.2) is 0 Å². The molecular weight excluding hydrogens is 386 g/mol. The largest absolute Gasteiger partial charge is 0.491 e. The minimum atomic E-state index is -0.620.